The predicted molar refractivity (Wildman–Crippen MR) is 111 cm³/mol. The molecular formula is C23H21F3O6. The van der Waals surface area contributed by atoms with E-state index in [-0.39, 0.29) is 16.9 Å². The van der Waals surface area contributed by atoms with Crippen LogP contribution < -0.4 is 14.9 Å². The number of carbonyl (C=O) groups is 1. The zero-order valence-corrected chi connectivity index (χ0v) is 17.8. The van der Waals surface area contributed by atoms with Crippen molar-refractivity contribution in [3.63, 3.8) is 0 Å². The van der Waals surface area contributed by atoms with Gasteiger partial charge >= 0.3 is 12.1 Å². The van der Waals surface area contributed by atoms with Gasteiger partial charge in [-0.2, -0.15) is 13.2 Å². The number of halogens is 3. The Balaban J connectivity index is 2.22. The summed E-state index contributed by atoms with van der Waals surface area (Å²) in [5.41, 5.74) is -0.692. The summed E-state index contributed by atoms with van der Waals surface area (Å²) < 4.78 is 57.1. The number of carboxylic acids is 1. The van der Waals surface area contributed by atoms with Gasteiger partial charge in [-0.15, -0.1) is 0 Å². The van der Waals surface area contributed by atoms with Gasteiger partial charge in [0.25, 0.3) is 5.76 Å². The third-order valence-electron chi connectivity index (χ3n) is 4.67. The quantitative estimate of drug-likeness (QED) is 0.539. The summed E-state index contributed by atoms with van der Waals surface area (Å²) >= 11 is 0. The first-order chi connectivity index (χ1) is 14.8. The smallest absolute Gasteiger partial charge is 0.453 e. The fraction of sp³-hybridized carbons (Fsp3) is 0.304. The van der Waals surface area contributed by atoms with Gasteiger partial charge in [-0.25, -0.2) is 4.79 Å². The molecule has 0 aliphatic heterocycles. The van der Waals surface area contributed by atoms with Crippen molar-refractivity contribution in [3.8, 4) is 17.2 Å². The van der Waals surface area contributed by atoms with Gasteiger partial charge in [-0.05, 0) is 30.0 Å². The highest BCUT2D eigenvalue weighted by molar-refractivity contribution is 5.80. The molecule has 0 bridgehead atoms. The highest BCUT2D eigenvalue weighted by Crippen LogP contribution is 2.42. The van der Waals surface area contributed by atoms with E-state index in [1.54, 1.807) is 25.1 Å². The highest BCUT2D eigenvalue weighted by Gasteiger charge is 2.41. The molecular weight excluding hydrogens is 429 g/mol. The molecule has 170 valence electrons. The SMILES string of the molecule is Cc1cccc(C(C)(C)C)c1Oc1c(C(F)(F)F)oc2cc(OCC(=O)O)ccc2c1=O. The molecule has 32 heavy (non-hydrogen) atoms. The largest absolute Gasteiger partial charge is 0.482 e. The lowest BCUT2D eigenvalue weighted by Gasteiger charge is -2.24. The number of benzene rings is 2. The molecule has 1 N–H and O–H groups in total. The number of hydrogen-bond acceptors (Lipinski definition) is 5. The maximum Gasteiger partial charge on any atom is 0.453 e. The fourth-order valence-corrected chi connectivity index (χ4v) is 3.15. The molecule has 0 spiro atoms. The van der Waals surface area contributed by atoms with Gasteiger partial charge in [0, 0.05) is 11.6 Å². The molecule has 0 amide bonds. The number of alkyl halides is 3. The molecule has 1 heterocycles. The molecule has 3 rings (SSSR count). The topological polar surface area (TPSA) is 86.0 Å². The van der Waals surface area contributed by atoms with Gasteiger partial charge < -0.3 is 19.0 Å². The Morgan fingerprint density at radius 3 is 2.38 bits per heavy atom. The summed E-state index contributed by atoms with van der Waals surface area (Å²) in [6.07, 6.45) is -5.02. The van der Waals surface area contributed by atoms with Crippen LogP contribution in [-0.4, -0.2) is 17.7 Å². The highest BCUT2D eigenvalue weighted by atomic mass is 19.4. The van der Waals surface area contributed by atoms with Gasteiger partial charge in [0.2, 0.25) is 11.2 Å². The van der Waals surface area contributed by atoms with Crippen LogP contribution in [0.4, 0.5) is 13.2 Å². The lowest BCUT2D eigenvalue weighted by Crippen LogP contribution is -2.18. The molecule has 0 atom stereocenters. The van der Waals surface area contributed by atoms with E-state index in [1.165, 1.54) is 12.1 Å². The molecule has 3 aromatic rings. The number of para-hydroxylation sites is 1. The van der Waals surface area contributed by atoms with Crippen molar-refractivity contribution in [3.05, 3.63) is 63.5 Å². The zero-order chi connectivity index (χ0) is 23.8. The van der Waals surface area contributed by atoms with Gasteiger partial charge in [-0.3, -0.25) is 4.79 Å². The number of aryl methyl sites for hydroxylation is 1. The minimum atomic E-state index is -5.02. The monoisotopic (exact) mass is 450 g/mol. The lowest BCUT2D eigenvalue weighted by molar-refractivity contribution is -0.154. The number of carboxylic acid groups (broad SMARTS) is 1. The van der Waals surface area contributed by atoms with Gasteiger partial charge in [-0.1, -0.05) is 39.0 Å². The van der Waals surface area contributed by atoms with Gasteiger partial charge in [0.15, 0.2) is 6.61 Å². The van der Waals surface area contributed by atoms with Crippen LogP contribution in [-0.2, 0) is 16.4 Å². The van der Waals surface area contributed by atoms with Crippen molar-refractivity contribution in [2.24, 2.45) is 0 Å². The van der Waals surface area contributed by atoms with Crippen LogP contribution in [0.5, 0.6) is 17.2 Å². The minimum Gasteiger partial charge on any atom is -0.482 e. The Morgan fingerprint density at radius 1 is 1.09 bits per heavy atom. The predicted octanol–water partition coefficient (Wildman–Crippen LogP) is 5.67. The molecule has 0 radical (unpaired) electrons. The standard InChI is InChI=1S/C23H21F3O6/c1-12-6-5-7-15(22(2,3)4)19(12)32-20-18(29)14-9-8-13(30-11-17(27)28)10-16(14)31-21(20)23(24,25)26/h5-10H,11H2,1-4H3,(H,27,28). The maximum absolute atomic E-state index is 13.8. The van der Waals surface area contributed by atoms with Crippen molar-refractivity contribution in [2.45, 2.75) is 39.3 Å². The van der Waals surface area contributed by atoms with Crippen LogP contribution in [0.15, 0.2) is 45.6 Å². The summed E-state index contributed by atoms with van der Waals surface area (Å²) in [6.45, 7) is 6.60. The van der Waals surface area contributed by atoms with E-state index < -0.39 is 46.7 Å². The molecule has 1 aromatic heterocycles. The van der Waals surface area contributed by atoms with Crippen molar-refractivity contribution >= 4 is 16.9 Å². The van der Waals surface area contributed by atoms with E-state index in [0.717, 1.165) is 6.07 Å². The van der Waals surface area contributed by atoms with Crippen molar-refractivity contribution in [1.29, 1.82) is 0 Å². The van der Waals surface area contributed by atoms with Crippen LogP contribution in [0.1, 0.15) is 37.7 Å². The first-order valence-corrected chi connectivity index (χ1v) is 9.59. The van der Waals surface area contributed by atoms with Crippen LogP contribution in [0, 0.1) is 6.92 Å². The Kier molecular flexibility index (Phi) is 5.95. The van der Waals surface area contributed by atoms with Crippen molar-refractivity contribution in [2.75, 3.05) is 6.61 Å². The summed E-state index contributed by atoms with van der Waals surface area (Å²) in [6, 6.07) is 8.67. The first kappa shape index (κ1) is 23.2. The van der Waals surface area contributed by atoms with E-state index in [1.807, 2.05) is 20.8 Å². The van der Waals surface area contributed by atoms with Crippen molar-refractivity contribution in [1.82, 2.24) is 0 Å². The van der Waals surface area contributed by atoms with E-state index in [2.05, 4.69) is 0 Å². The zero-order valence-electron chi connectivity index (χ0n) is 17.8. The summed E-state index contributed by atoms with van der Waals surface area (Å²) in [5.74, 6) is -3.73. The van der Waals surface area contributed by atoms with Gasteiger partial charge in [0.05, 0.1) is 5.39 Å². The number of rotatable bonds is 5. The third-order valence-corrected chi connectivity index (χ3v) is 4.67. The fourth-order valence-electron chi connectivity index (χ4n) is 3.15. The molecule has 0 saturated carbocycles. The van der Waals surface area contributed by atoms with E-state index >= 15 is 0 Å². The molecule has 6 nitrogen and oxygen atoms in total. The third kappa shape index (κ3) is 4.71. The Bertz CT molecular complexity index is 1240. The molecule has 0 aliphatic rings. The molecule has 0 aliphatic carbocycles. The number of ether oxygens (including phenoxy) is 2. The summed E-state index contributed by atoms with van der Waals surface area (Å²) in [4.78, 5) is 23.7. The second kappa shape index (κ2) is 8.22. The van der Waals surface area contributed by atoms with E-state index in [9.17, 15) is 22.8 Å². The second-order valence-electron chi connectivity index (χ2n) is 8.23. The van der Waals surface area contributed by atoms with E-state index in [0.29, 0.717) is 11.1 Å². The molecule has 2 aromatic carbocycles. The van der Waals surface area contributed by atoms with E-state index in [4.69, 9.17) is 19.0 Å². The minimum absolute atomic E-state index is 0.0567. The Hall–Kier alpha value is -3.49. The summed E-state index contributed by atoms with van der Waals surface area (Å²) in [7, 11) is 0. The number of aliphatic carboxylic acids is 1. The maximum atomic E-state index is 13.8. The van der Waals surface area contributed by atoms with Crippen LogP contribution in [0.25, 0.3) is 11.0 Å². The van der Waals surface area contributed by atoms with Crippen molar-refractivity contribution < 1.29 is 37.0 Å². The van der Waals surface area contributed by atoms with Crippen LogP contribution >= 0.6 is 0 Å². The molecule has 0 unspecified atom stereocenters. The summed E-state index contributed by atoms with van der Waals surface area (Å²) in [5, 5.41) is 8.53. The lowest BCUT2D eigenvalue weighted by atomic mass is 9.85. The molecule has 0 saturated heterocycles. The Morgan fingerprint density at radius 2 is 1.78 bits per heavy atom. The first-order valence-electron chi connectivity index (χ1n) is 9.59. The Labute approximate surface area is 181 Å². The molecule has 9 heteroatoms. The average Bonchev–Trinajstić information content (AvgIpc) is 2.67. The van der Waals surface area contributed by atoms with Gasteiger partial charge in [0.1, 0.15) is 17.1 Å². The number of fused-ring (bicyclic) bond motifs is 1. The van der Waals surface area contributed by atoms with Crippen LogP contribution in [0.2, 0.25) is 0 Å². The normalized spacial score (nSPS) is 12.1. The van der Waals surface area contributed by atoms with Crippen LogP contribution in [0.3, 0.4) is 0 Å². The average molecular weight is 450 g/mol. The molecule has 0 fully saturated rings. The number of hydrogen-bond donors (Lipinski definition) is 1. The second-order valence-corrected chi connectivity index (χ2v) is 8.23.